The highest BCUT2D eigenvalue weighted by atomic mass is 16.3. The van der Waals surface area contributed by atoms with E-state index in [-0.39, 0.29) is 11.5 Å². The lowest BCUT2D eigenvalue weighted by molar-refractivity contribution is 0.0930. The van der Waals surface area contributed by atoms with E-state index in [4.69, 9.17) is 0 Å². The van der Waals surface area contributed by atoms with Gasteiger partial charge in [-0.3, -0.25) is 0 Å². The van der Waals surface area contributed by atoms with Crippen LogP contribution in [-0.4, -0.2) is 21.9 Å². The predicted molar refractivity (Wildman–Crippen MR) is 126 cm³/mol. The van der Waals surface area contributed by atoms with Gasteiger partial charge in [0.1, 0.15) is 5.60 Å². The SMILES string of the molecule is CCC(O)(C#CCC(C)C1=CC[C@H]2/C(=C/C=C3/CCC[C@@H](O)C3)CCC[C@]12C)CC. The minimum Gasteiger partial charge on any atom is -0.393 e. The third-order valence-electron chi connectivity index (χ3n) is 8.11. The first-order chi connectivity index (χ1) is 14.3. The molecule has 0 bridgehead atoms. The molecule has 1 unspecified atom stereocenters. The fraction of sp³-hybridized carbons (Fsp3) is 0.714. The minimum absolute atomic E-state index is 0.139. The van der Waals surface area contributed by atoms with E-state index in [0.29, 0.717) is 24.7 Å². The second-order valence-corrected chi connectivity index (χ2v) is 10.2. The van der Waals surface area contributed by atoms with Gasteiger partial charge in [-0.05, 0) is 81.5 Å². The number of aliphatic hydroxyl groups excluding tert-OH is 1. The average Bonchev–Trinajstić information content (AvgIpc) is 3.09. The summed E-state index contributed by atoms with van der Waals surface area (Å²) < 4.78 is 0. The molecule has 2 saturated carbocycles. The molecule has 4 atom stereocenters. The van der Waals surface area contributed by atoms with Gasteiger partial charge in [-0.25, -0.2) is 0 Å². The van der Waals surface area contributed by atoms with Gasteiger partial charge in [-0.2, -0.15) is 0 Å². The van der Waals surface area contributed by atoms with Crippen molar-refractivity contribution in [2.45, 2.75) is 110 Å². The number of aliphatic hydroxyl groups is 2. The van der Waals surface area contributed by atoms with Crippen molar-refractivity contribution in [3.05, 3.63) is 34.9 Å². The van der Waals surface area contributed by atoms with Crippen molar-refractivity contribution in [1.29, 1.82) is 0 Å². The molecule has 0 aromatic heterocycles. The van der Waals surface area contributed by atoms with Gasteiger partial charge in [0.25, 0.3) is 0 Å². The van der Waals surface area contributed by atoms with Crippen LogP contribution < -0.4 is 0 Å². The fourth-order valence-electron chi connectivity index (χ4n) is 5.97. The molecule has 2 fully saturated rings. The maximum Gasteiger partial charge on any atom is 0.125 e. The summed E-state index contributed by atoms with van der Waals surface area (Å²) in [5.74, 6) is 7.51. The molecular weight excluding hydrogens is 368 g/mol. The Morgan fingerprint density at radius 3 is 2.70 bits per heavy atom. The van der Waals surface area contributed by atoms with Gasteiger partial charge < -0.3 is 10.2 Å². The molecule has 3 aliphatic carbocycles. The Morgan fingerprint density at radius 2 is 2.00 bits per heavy atom. The maximum absolute atomic E-state index is 10.4. The first kappa shape index (κ1) is 23.4. The smallest absolute Gasteiger partial charge is 0.125 e. The maximum atomic E-state index is 10.4. The second-order valence-electron chi connectivity index (χ2n) is 10.2. The summed E-state index contributed by atoms with van der Waals surface area (Å²) in [5, 5.41) is 20.4. The van der Waals surface area contributed by atoms with E-state index in [9.17, 15) is 10.2 Å². The molecule has 0 amide bonds. The van der Waals surface area contributed by atoms with Crippen LogP contribution in [0.4, 0.5) is 0 Å². The zero-order valence-corrected chi connectivity index (χ0v) is 19.6. The highest BCUT2D eigenvalue weighted by molar-refractivity contribution is 5.35. The summed E-state index contributed by atoms with van der Waals surface area (Å²) in [6, 6.07) is 0. The summed E-state index contributed by atoms with van der Waals surface area (Å²) in [5.41, 5.74) is 4.04. The number of hydrogen-bond donors (Lipinski definition) is 2. The number of fused-ring (bicyclic) bond motifs is 1. The van der Waals surface area contributed by atoms with Crippen LogP contribution in [0.3, 0.4) is 0 Å². The first-order valence-corrected chi connectivity index (χ1v) is 12.3. The average molecular weight is 411 g/mol. The summed E-state index contributed by atoms with van der Waals surface area (Å²) in [6.45, 7) is 8.80. The molecule has 0 aromatic rings. The third-order valence-corrected chi connectivity index (χ3v) is 8.11. The van der Waals surface area contributed by atoms with Gasteiger partial charge in [0.15, 0.2) is 0 Å². The van der Waals surface area contributed by atoms with E-state index in [2.05, 4.69) is 43.9 Å². The van der Waals surface area contributed by atoms with Gasteiger partial charge in [0.05, 0.1) is 6.10 Å². The van der Waals surface area contributed by atoms with Crippen molar-refractivity contribution in [3.63, 3.8) is 0 Å². The standard InChI is InChI=1S/C28H42O2/c1-5-28(30,6-2)19-8-10-21(3)25-16-17-26-23(12-9-18-27(25,26)4)15-14-22-11-7-13-24(29)20-22/h14-16,21,24,26,29-30H,5-7,9-13,17-18,20H2,1-4H3/b22-14-,23-15+/t21?,24-,26+,27-/m1/s1. The Kier molecular flexibility index (Phi) is 7.70. The normalized spacial score (nSPS) is 33.1. The molecule has 0 spiro atoms. The molecule has 3 rings (SSSR count). The summed E-state index contributed by atoms with van der Waals surface area (Å²) in [4.78, 5) is 0. The molecule has 0 saturated heterocycles. The molecule has 166 valence electrons. The van der Waals surface area contributed by atoms with Gasteiger partial charge in [0, 0.05) is 6.42 Å². The van der Waals surface area contributed by atoms with Crippen LogP contribution in [-0.2, 0) is 0 Å². The second kappa shape index (κ2) is 9.88. The van der Waals surface area contributed by atoms with Gasteiger partial charge in [-0.15, -0.1) is 0 Å². The summed E-state index contributed by atoms with van der Waals surface area (Å²) in [7, 11) is 0. The molecule has 0 radical (unpaired) electrons. The molecule has 0 aliphatic heterocycles. The summed E-state index contributed by atoms with van der Waals surface area (Å²) >= 11 is 0. The number of hydrogen-bond acceptors (Lipinski definition) is 2. The summed E-state index contributed by atoms with van der Waals surface area (Å²) in [6.07, 6.45) is 18.2. The van der Waals surface area contributed by atoms with Gasteiger partial charge in [0.2, 0.25) is 0 Å². The third kappa shape index (κ3) is 5.12. The van der Waals surface area contributed by atoms with E-state index in [0.717, 1.165) is 38.5 Å². The monoisotopic (exact) mass is 410 g/mol. The van der Waals surface area contributed by atoms with E-state index >= 15 is 0 Å². The molecule has 30 heavy (non-hydrogen) atoms. The van der Waals surface area contributed by atoms with E-state index in [1.807, 2.05) is 13.8 Å². The Hall–Kier alpha value is -1.30. The lowest BCUT2D eigenvalue weighted by atomic mass is 9.62. The molecular formula is C28H42O2. The minimum atomic E-state index is -0.822. The van der Waals surface area contributed by atoms with Crippen LogP contribution in [0, 0.1) is 29.1 Å². The lowest BCUT2D eigenvalue weighted by Gasteiger charge is -2.42. The Labute approximate surface area is 184 Å². The Bertz CT molecular complexity index is 755. The van der Waals surface area contributed by atoms with Gasteiger partial charge in [-0.1, -0.05) is 74.5 Å². The van der Waals surface area contributed by atoms with Crippen molar-refractivity contribution in [3.8, 4) is 11.8 Å². The van der Waals surface area contributed by atoms with Crippen molar-refractivity contribution in [2.24, 2.45) is 17.3 Å². The van der Waals surface area contributed by atoms with Crippen molar-refractivity contribution < 1.29 is 10.2 Å². The fourth-order valence-corrected chi connectivity index (χ4v) is 5.97. The van der Waals surface area contributed by atoms with Crippen molar-refractivity contribution in [1.82, 2.24) is 0 Å². The van der Waals surface area contributed by atoms with E-state index in [1.54, 1.807) is 11.1 Å². The van der Waals surface area contributed by atoms with Gasteiger partial charge >= 0.3 is 0 Å². The van der Waals surface area contributed by atoms with E-state index in [1.165, 1.54) is 24.8 Å². The quantitative estimate of drug-likeness (QED) is 0.401. The largest absolute Gasteiger partial charge is 0.393 e. The highest BCUT2D eigenvalue weighted by Crippen LogP contribution is 2.56. The van der Waals surface area contributed by atoms with Crippen molar-refractivity contribution >= 4 is 0 Å². The first-order valence-electron chi connectivity index (χ1n) is 12.3. The van der Waals surface area contributed by atoms with Crippen LogP contribution >= 0.6 is 0 Å². The topological polar surface area (TPSA) is 40.5 Å². The van der Waals surface area contributed by atoms with Crippen molar-refractivity contribution in [2.75, 3.05) is 0 Å². The van der Waals surface area contributed by atoms with Crippen LogP contribution in [0.5, 0.6) is 0 Å². The molecule has 2 nitrogen and oxygen atoms in total. The molecule has 3 aliphatic rings. The van der Waals surface area contributed by atoms with Crippen LogP contribution in [0.25, 0.3) is 0 Å². The number of rotatable bonds is 5. The molecule has 2 heteroatoms. The Morgan fingerprint density at radius 1 is 1.23 bits per heavy atom. The van der Waals surface area contributed by atoms with E-state index < -0.39 is 5.60 Å². The van der Waals surface area contributed by atoms with Crippen LogP contribution in [0.15, 0.2) is 34.9 Å². The Balaban J connectivity index is 1.70. The lowest BCUT2D eigenvalue weighted by Crippen LogP contribution is -2.32. The molecule has 0 heterocycles. The molecule has 0 aromatic carbocycles. The highest BCUT2D eigenvalue weighted by Gasteiger charge is 2.45. The predicted octanol–water partition coefficient (Wildman–Crippen LogP) is 6.49. The van der Waals surface area contributed by atoms with Crippen LogP contribution in [0.1, 0.15) is 98.3 Å². The molecule has 2 N–H and O–H groups in total. The van der Waals surface area contributed by atoms with Crippen LogP contribution in [0.2, 0.25) is 0 Å². The zero-order valence-electron chi connectivity index (χ0n) is 19.6. The zero-order chi connectivity index (χ0) is 21.8. The number of allylic oxidation sites excluding steroid dienone is 5.